The molecule has 132 valence electrons. The number of carbonyl (C=O) groups is 1. The molecule has 0 atom stereocenters. The van der Waals surface area contributed by atoms with Crippen LogP contribution >= 0.6 is 11.3 Å². The Morgan fingerprint density at radius 2 is 1.88 bits per heavy atom. The van der Waals surface area contributed by atoms with Crippen LogP contribution in [0.1, 0.15) is 39.5 Å². The monoisotopic (exact) mass is 363 g/mol. The highest BCUT2D eigenvalue weighted by molar-refractivity contribution is 7.09. The van der Waals surface area contributed by atoms with Crippen LogP contribution in [0.15, 0.2) is 60.2 Å². The maximum Gasteiger partial charge on any atom is 0.255 e. The van der Waals surface area contributed by atoms with Crippen LogP contribution in [0.4, 0.5) is 0 Å². The van der Waals surface area contributed by atoms with E-state index in [9.17, 15) is 4.79 Å². The molecule has 4 nitrogen and oxygen atoms in total. The van der Waals surface area contributed by atoms with Gasteiger partial charge in [0, 0.05) is 36.3 Å². The number of aryl methyl sites for hydroxylation is 1. The molecule has 0 saturated carbocycles. The summed E-state index contributed by atoms with van der Waals surface area (Å²) in [6.45, 7) is 3.49. The molecule has 26 heavy (non-hydrogen) atoms. The van der Waals surface area contributed by atoms with Gasteiger partial charge in [0.2, 0.25) is 0 Å². The maximum atomic E-state index is 12.8. The molecule has 1 aliphatic heterocycles. The third-order valence-electron chi connectivity index (χ3n) is 5.25. The lowest BCUT2D eigenvalue weighted by Gasteiger charge is -2.41. The smallest absolute Gasteiger partial charge is 0.255 e. The maximum absolute atomic E-state index is 12.8. The molecule has 3 aromatic rings. The Morgan fingerprint density at radius 1 is 1.12 bits per heavy atom. The summed E-state index contributed by atoms with van der Waals surface area (Å²) in [5.74, 6) is 0.0641. The summed E-state index contributed by atoms with van der Waals surface area (Å²) in [7, 11) is 0. The number of amides is 1. The van der Waals surface area contributed by atoms with Crippen molar-refractivity contribution >= 4 is 17.2 Å². The van der Waals surface area contributed by atoms with Gasteiger partial charge in [-0.05, 0) is 37.5 Å². The van der Waals surface area contributed by atoms with Crippen molar-refractivity contribution in [1.82, 2.24) is 14.9 Å². The number of aromatic nitrogens is 2. The third kappa shape index (κ3) is 3.03. The molecule has 1 aliphatic rings. The Kier molecular flexibility index (Phi) is 4.55. The van der Waals surface area contributed by atoms with Crippen molar-refractivity contribution in [3.63, 3.8) is 0 Å². The number of benzene rings is 1. The second kappa shape index (κ2) is 7.00. The molecular formula is C21H21N3OS. The van der Waals surface area contributed by atoms with E-state index in [-0.39, 0.29) is 11.3 Å². The van der Waals surface area contributed by atoms with Crippen LogP contribution in [0.5, 0.6) is 0 Å². The zero-order valence-corrected chi connectivity index (χ0v) is 15.6. The summed E-state index contributed by atoms with van der Waals surface area (Å²) in [6.07, 6.45) is 5.10. The Bertz CT molecular complexity index is 884. The first kappa shape index (κ1) is 16.9. The summed E-state index contributed by atoms with van der Waals surface area (Å²) < 4.78 is 0. The average Bonchev–Trinajstić information content (AvgIpc) is 3.16. The number of likely N-dealkylation sites (tertiary alicyclic amines) is 1. The van der Waals surface area contributed by atoms with Gasteiger partial charge in [-0.2, -0.15) is 0 Å². The largest absolute Gasteiger partial charge is 0.339 e. The van der Waals surface area contributed by atoms with Crippen LogP contribution in [0.25, 0.3) is 0 Å². The van der Waals surface area contributed by atoms with Crippen LogP contribution in [0.2, 0.25) is 0 Å². The van der Waals surface area contributed by atoms with Gasteiger partial charge < -0.3 is 4.90 Å². The predicted octanol–water partition coefficient (Wildman–Crippen LogP) is 4.07. The average molecular weight is 363 g/mol. The van der Waals surface area contributed by atoms with E-state index >= 15 is 0 Å². The fourth-order valence-electron chi connectivity index (χ4n) is 3.80. The summed E-state index contributed by atoms with van der Waals surface area (Å²) in [5, 5.41) is 3.27. The van der Waals surface area contributed by atoms with Crippen LogP contribution in [0.3, 0.4) is 0 Å². The minimum Gasteiger partial charge on any atom is -0.339 e. The summed E-state index contributed by atoms with van der Waals surface area (Å²) >= 11 is 1.70. The zero-order chi connectivity index (χ0) is 18.0. The number of hydrogen-bond acceptors (Lipinski definition) is 4. The fraction of sp³-hybridized carbons (Fsp3) is 0.286. The van der Waals surface area contributed by atoms with Gasteiger partial charge in [0.25, 0.3) is 5.91 Å². The van der Waals surface area contributed by atoms with E-state index in [0.717, 1.165) is 36.6 Å². The minimum atomic E-state index is -0.113. The summed E-state index contributed by atoms with van der Waals surface area (Å²) in [6, 6.07) is 14.2. The normalized spacial score (nSPS) is 16.4. The van der Waals surface area contributed by atoms with Gasteiger partial charge in [0.1, 0.15) is 0 Å². The van der Waals surface area contributed by atoms with Crippen molar-refractivity contribution in [2.24, 2.45) is 0 Å². The summed E-state index contributed by atoms with van der Waals surface area (Å²) in [4.78, 5) is 23.6. The van der Waals surface area contributed by atoms with Gasteiger partial charge >= 0.3 is 0 Å². The van der Waals surface area contributed by atoms with E-state index in [1.165, 1.54) is 5.56 Å². The van der Waals surface area contributed by atoms with Crippen LogP contribution in [-0.4, -0.2) is 33.9 Å². The Balaban J connectivity index is 1.62. The minimum absolute atomic E-state index is 0.0641. The number of hydrogen-bond donors (Lipinski definition) is 0. The van der Waals surface area contributed by atoms with Gasteiger partial charge in [-0.25, -0.2) is 4.98 Å². The van der Waals surface area contributed by atoms with Crippen molar-refractivity contribution < 1.29 is 4.79 Å². The molecule has 0 bridgehead atoms. The van der Waals surface area contributed by atoms with Crippen molar-refractivity contribution in [3.05, 3.63) is 82.1 Å². The lowest BCUT2D eigenvalue weighted by molar-refractivity contribution is 0.0683. The lowest BCUT2D eigenvalue weighted by Crippen LogP contribution is -2.46. The molecule has 1 saturated heterocycles. The van der Waals surface area contributed by atoms with Gasteiger partial charge in [0.15, 0.2) is 0 Å². The fourth-order valence-corrected chi connectivity index (χ4v) is 4.51. The van der Waals surface area contributed by atoms with Gasteiger partial charge in [-0.15, -0.1) is 11.3 Å². The predicted molar refractivity (Wildman–Crippen MR) is 103 cm³/mol. The molecule has 0 aliphatic carbocycles. The topological polar surface area (TPSA) is 46.1 Å². The van der Waals surface area contributed by atoms with E-state index < -0.39 is 0 Å². The Hall–Kier alpha value is -2.53. The van der Waals surface area contributed by atoms with Gasteiger partial charge in [-0.3, -0.25) is 9.78 Å². The standard InChI is InChI=1S/C21H21N3OS/c1-16-23-19(15-26-16)21(18-7-3-2-4-8-18)9-12-24(13-10-21)20(25)17-6-5-11-22-14-17/h2-8,11,14-15H,9-10,12-13H2,1H3. The number of pyridine rings is 1. The number of piperidine rings is 1. The Morgan fingerprint density at radius 3 is 2.50 bits per heavy atom. The molecule has 0 radical (unpaired) electrons. The van der Waals surface area contributed by atoms with Crippen molar-refractivity contribution in [3.8, 4) is 0 Å². The van der Waals surface area contributed by atoms with Crippen LogP contribution in [-0.2, 0) is 5.41 Å². The van der Waals surface area contributed by atoms with Gasteiger partial charge in [-0.1, -0.05) is 30.3 Å². The first-order valence-corrected chi connectivity index (χ1v) is 9.74. The van der Waals surface area contributed by atoms with E-state index in [0.29, 0.717) is 5.56 Å². The molecule has 0 spiro atoms. The van der Waals surface area contributed by atoms with Crippen molar-refractivity contribution in [1.29, 1.82) is 0 Å². The first-order chi connectivity index (χ1) is 12.7. The molecule has 4 rings (SSSR count). The molecule has 1 fully saturated rings. The molecule has 1 aromatic carbocycles. The lowest BCUT2D eigenvalue weighted by atomic mass is 9.70. The SMILES string of the molecule is Cc1nc(C2(c3ccccc3)CCN(C(=O)c3cccnc3)CC2)cs1. The first-order valence-electron chi connectivity index (χ1n) is 8.86. The van der Waals surface area contributed by atoms with E-state index in [2.05, 4.69) is 34.6 Å². The Labute approximate surface area is 157 Å². The van der Waals surface area contributed by atoms with Crippen molar-refractivity contribution in [2.75, 3.05) is 13.1 Å². The van der Waals surface area contributed by atoms with Crippen LogP contribution < -0.4 is 0 Å². The highest BCUT2D eigenvalue weighted by Gasteiger charge is 2.40. The molecular weight excluding hydrogens is 342 g/mol. The molecule has 3 heterocycles. The second-order valence-electron chi connectivity index (χ2n) is 6.73. The molecule has 0 N–H and O–H groups in total. The third-order valence-corrected chi connectivity index (χ3v) is 6.02. The number of carbonyl (C=O) groups excluding carboxylic acids is 1. The quantitative estimate of drug-likeness (QED) is 0.705. The highest BCUT2D eigenvalue weighted by Crippen LogP contribution is 2.42. The molecule has 5 heteroatoms. The molecule has 1 amide bonds. The number of thiazole rings is 1. The van der Waals surface area contributed by atoms with Gasteiger partial charge in [0.05, 0.1) is 16.3 Å². The van der Waals surface area contributed by atoms with E-state index in [1.807, 2.05) is 30.0 Å². The highest BCUT2D eigenvalue weighted by atomic mass is 32.1. The van der Waals surface area contributed by atoms with E-state index in [1.54, 1.807) is 23.7 Å². The van der Waals surface area contributed by atoms with Crippen LogP contribution in [0, 0.1) is 6.92 Å². The number of nitrogens with zero attached hydrogens (tertiary/aromatic N) is 3. The van der Waals surface area contributed by atoms with Crippen molar-refractivity contribution in [2.45, 2.75) is 25.2 Å². The molecule has 0 unspecified atom stereocenters. The summed E-state index contributed by atoms with van der Waals surface area (Å²) in [5.41, 5.74) is 2.97. The second-order valence-corrected chi connectivity index (χ2v) is 7.80. The van der Waals surface area contributed by atoms with E-state index in [4.69, 9.17) is 4.98 Å². The molecule has 2 aromatic heterocycles. The number of rotatable bonds is 3. The zero-order valence-electron chi connectivity index (χ0n) is 14.8.